The molecule has 1 aromatic rings. The molecule has 0 aromatic heterocycles. The van der Waals surface area contributed by atoms with Gasteiger partial charge in [0.25, 0.3) is 5.91 Å². The Morgan fingerprint density at radius 3 is 2.45 bits per heavy atom. The van der Waals surface area contributed by atoms with E-state index in [1.54, 1.807) is 13.0 Å². The van der Waals surface area contributed by atoms with Crippen LogP contribution >= 0.6 is 0 Å². The molecule has 0 heterocycles. The van der Waals surface area contributed by atoms with E-state index in [1.807, 2.05) is 32.9 Å². The number of rotatable bonds is 5. The van der Waals surface area contributed by atoms with Crippen molar-refractivity contribution in [2.45, 2.75) is 46.1 Å². The molecule has 0 saturated carbocycles. The summed E-state index contributed by atoms with van der Waals surface area (Å²) in [6, 6.07) is 5.62. The number of nitrogens with one attached hydrogen (secondary N) is 1. The van der Waals surface area contributed by atoms with Gasteiger partial charge in [-0.2, -0.15) is 0 Å². The van der Waals surface area contributed by atoms with Crippen LogP contribution in [0.2, 0.25) is 0 Å². The standard InChI is InChI=1S/C16H23NO3/c1-6-9-16(4,15(19)20-5)17-14(18)13-8-7-11(2)10-12(13)3/h7-8,10H,6,9H2,1-5H3,(H,17,18). The number of esters is 1. The second kappa shape index (κ2) is 6.55. The topological polar surface area (TPSA) is 55.4 Å². The molecule has 110 valence electrons. The number of amides is 1. The van der Waals surface area contributed by atoms with Gasteiger partial charge in [0.2, 0.25) is 0 Å². The summed E-state index contributed by atoms with van der Waals surface area (Å²) in [5.74, 6) is -0.665. The first kappa shape index (κ1) is 16.2. The monoisotopic (exact) mass is 277 g/mol. The first-order chi connectivity index (χ1) is 9.34. The van der Waals surface area contributed by atoms with Crippen LogP contribution in [0, 0.1) is 13.8 Å². The maximum absolute atomic E-state index is 12.4. The second-order valence-electron chi connectivity index (χ2n) is 5.35. The van der Waals surface area contributed by atoms with Gasteiger partial charge in [0.1, 0.15) is 5.54 Å². The smallest absolute Gasteiger partial charge is 0.331 e. The van der Waals surface area contributed by atoms with Gasteiger partial charge in [0.15, 0.2) is 0 Å². The lowest BCUT2D eigenvalue weighted by molar-refractivity contribution is -0.147. The van der Waals surface area contributed by atoms with Gasteiger partial charge in [0.05, 0.1) is 7.11 Å². The lowest BCUT2D eigenvalue weighted by Crippen LogP contribution is -2.52. The lowest BCUT2D eigenvalue weighted by atomic mass is 9.95. The Morgan fingerprint density at radius 1 is 1.30 bits per heavy atom. The third kappa shape index (κ3) is 3.59. The van der Waals surface area contributed by atoms with Gasteiger partial charge in [-0.15, -0.1) is 0 Å². The summed E-state index contributed by atoms with van der Waals surface area (Å²) in [7, 11) is 1.33. The predicted molar refractivity (Wildman–Crippen MR) is 78.7 cm³/mol. The van der Waals surface area contributed by atoms with Crippen molar-refractivity contribution in [2.75, 3.05) is 7.11 Å². The van der Waals surface area contributed by atoms with Crippen molar-refractivity contribution in [2.24, 2.45) is 0 Å². The number of carbonyl (C=O) groups is 2. The van der Waals surface area contributed by atoms with Crippen LogP contribution in [0.1, 0.15) is 48.2 Å². The first-order valence-corrected chi connectivity index (χ1v) is 6.82. The van der Waals surface area contributed by atoms with E-state index in [1.165, 1.54) is 7.11 Å². The Balaban J connectivity index is 2.99. The molecule has 1 aromatic carbocycles. The summed E-state index contributed by atoms with van der Waals surface area (Å²) >= 11 is 0. The summed E-state index contributed by atoms with van der Waals surface area (Å²) in [4.78, 5) is 24.3. The minimum absolute atomic E-state index is 0.246. The lowest BCUT2D eigenvalue weighted by Gasteiger charge is -2.27. The van der Waals surface area contributed by atoms with E-state index in [0.717, 1.165) is 17.5 Å². The Kier molecular flexibility index (Phi) is 5.31. The molecule has 20 heavy (non-hydrogen) atoms. The van der Waals surface area contributed by atoms with E-state index in [9.17, 15) is 9.59 Å². The normalized spacial score (nSPS) is 13.4. The second-order valence-corrected chi connectivity index (χ2v) is 5.35. The Labute approximate surface area is 120 Å². The third-order valence-corrected chi connectivity index (χ3v) is 3.40. The molecule has 0 bridgehead atoms. The molecule has 0 aliphatic carbocycles. The average Bonchev–Trinajstić information content (AvgIpc) is 2.37. The minimum Gasteiger partial charge on any atom is -0.467 e. The number of benzene rings is 1. The number of hydrogen-bond acceptors (Lipinski definition) is 3. The number of hydrogen-bond donors (Lipinski definition) is 1. The summed E-state index contributed by atoms with van der Waals surface area (Å²) in [6.07, 6.45) is 1.31. The molecule has 4 nitrogen and oxygen atoms in total. The van der Waals surface area contributed by atoms with Crippen molar-refractivity contribution in [3.05, 3.63) is 34.9 Å². The maximum Gasteiger partial charge on any atom is 0.331 e. The third-order valence-electron chi connectivity index (χ3n) is 3.40. The van der Waals surface area contributed by atoms with Crippen LogP contribution < -0.4 is 5.32 Å². The Bertz CT molecular complexity index is 510. The fraction of sp³-hybridized carbons (Fsp3) is 0.500. The van der Waals surface area contributed by atoms with Crippen LogP contribution in [0.3, 0.4) is 0 Å². The van der Waals surface area contributed by atoms with Gasteiger partial charge < -0.3 is 10.1 Å². The fourth-order valence-electron chi connectivity index (χ4n) is 2.33. The highest BCUT2D eigenvalue weighted by Gasteiger charge is 2.35. The highest BCUT2D eigenvalue weighted by atomic mass is 16.5. The SMILES string of the molecule is CCCC(C)(NC(=O)c1ccc(C)cc1C)C(=O)OC. The number of ether oxygens (including phenoxy) is 1. The molecule has 0 spiro atoms. The van der Waals surface area contributed by atoms with Gasteiger partial charge in [-0.25, -0.2) is 4.79 Å². The molecule has 0 radical (unpaired) electrons. The number of carbonyl (C=O) groups excluding carboxylic acids is 2. The van der Waals surface area contributed by atoms with Crippen molar-refractivity contribution >= 4 is 11.9 Å². The van der Waals surface area contributed by atoms with Gasteiger partial charge in [-0.1, -0.05) is 31.0 Å². The van der Waals surface area contributed by atoms with Crippen molar-refractivity contribution < 1.29 is 14.3 Å². The van der Waals surface area contributed by atoms with Gasteiger partial charge in [-0.3, -0.25) is 4.79 Å². The Morgan fingerprint density at radius 2 is 1.95 bits per heavy atom. The molecule has 0 fully saturated rings. The molecule has 1 amide bonds. The van der Waals surface area contributed by atoms with Crippen LogP contribution in [0.15, 0.2) is 18.2 Å². The van der Waals surface area contributed by atoms with Crippen molar-refractivity contribution in [3.8, 4) is 0 Å². The zero-order valence-electron chi connectivity index (χ0n) is 12.9. The highest BCUT2D eigenvalue weighted by molar-refractivity contribution is 5.99. The largest absolute Gasteiger partial charge is 0.467 e. The molecule has 1 N–H and O–H groups in total. The van der Waals surface area contributed by atoms with Crippen LogP contribution in [-0.4, -0.2) is 24.5 Å². The van der Waals surface area contributed by atoms with Gasteiger partial charge >= 0.3 is 5.97 Å². The van der Waals surface area contributed by atoms with Crippen LogP contribution in [-0.2, 0) is 9.53 Å². The molecular weight excluding hydrogens is 254 g/mol. The predicted octanol–water partition coefficient (Wildman–Crippen LogP) is 2.77. The van der Waals surface area contributed by atoms with Crippen LogP contribution in [0.4, 0.5) is 0 Å². The number of aryl methyl sites for hydroxylation is 2. The average molecular weight is 277 g/mol. The molecule has 4 heteroatoms. The van der Waals surface area contributed by atoms with E-state index in [0.29, 0.717) is 12.0 Å². The molecule has 0 aliphatic heterocycles. The summed E-state index contributed by atoms with van der Waals surface area (Å²) in [5.41, 5.74) is 1.59. The van der Waals surface area contributed by atoms with Gasteiger partial charge in [0, 0.05) is 5.56 Å². The molecule has 1 unspecified atom stereocenters. The highest BCUT2D eigenvalue weighted by Crippen LogP contribution is 2.17. The molecule has 0 aliphatic rings. The molecule has 1 rings (SSSR count). The van der Waals surface area contributed by atoms with Crippen molar-refractivity contribution in [1.82, 2.24) is 5.32 Å². The molecular formula is C16H23NO3. The van der Waals surface area contributed by atoms with Crippen molar-refractivity contribution in [1.29, 1.82) is 0 Å². The summed E-state index contributed by atoms with van der Waals surface area (Å²) < 4.78 is 4.80. The molecule has 1 atom stereocenters. The maximum atomic E-state index is 12.4. The van der Waals surface area contributed by atoms with E-state index in [4.69, 9.17) is 4.74 Å². The number of methoxy groups -OCH3 is 1. The van der Waals surface area contributed by atoms with Crippen LogP contribution in [0.25, 0.3) is 0 Å². The van der Waals surface area contributed by atoms with Gasteiger partial charge in [-0.05, 0) is 38.8 Å². The Hall–Kier alpha value is -1.84. The van der Waals surface area contributed by atoms with E-state index in [2.05, 4.69) is 5.32 Å². The van der Waals surface area contributed by atoms with Crippen molar-refractivity contribution in [3.63, 3.8) is 0 Å². The summed E-state index contributed by atoms with van der Waals surface area (Å²) in [5, 5.41) is 2.81. The zero-order valence-corrected chi connectivity index (χ0v) is 12.9. The fourth-order valence-corrected chi connectivity index (χ4v) is 2.33. The quantitative estimate of drug-likeness (QED) is 0.842. The van der Waals surface area contributed by atoms with Crippen LogP contribution in [0.5, 0.6) is 0 Å². The zero-order chi connectivity index (χ0) is 15.3. The van der Waals surface area contributed by atoms with E-state index < -0.39 is 11.5 Å². The van der Waals surface area contributed by atoms with E-state index >= 15 is 0 Å². The summed E-state index contributed by atoms with van der Waals surface area (Å²) in [6.45, 7) is 7.52. The molecule has 0 saturated heterocycles. The minimum atomic E-state index is -0.988. The first-order valence-electron chi connectivity index (χ1n) is 6.82. The van der Waals surface area contributed by atoms with E-state index in [-0.39, 0.29) is 5.91 Å².